The number of benzene rings is 4. The number of carboxylic acid groups (broad SMARTS) is 3. The third-order valence-corrected chi connectivity index (χ3v) is 37.2. The number of nitrogens with zero attached hydrogens (tertiary/aromatic N) is 2. The van der Waals surface area contributed by atoms with Crippen molar-refractivity contribution in [3.05, 3.63) is 82.0 Å². The second-order valence-corrected chi connectivity index (χ2v) is 37.2. The summed E-state index contributed by atoms with van der Waals surface area (Å²) in [6.07, 6.45) is 0. The molecule has 4 aliphatic heterocycles. The molecule has 0 unspecified atom stereocenters. The minimum absolute atomic E-state index is 0.0308. The summed E-state index contributed by atoms with van der Waals surface area (Å²) in [6, 6.07) is 14.8. The number of ether oxygens (including phenoxy) is 2. The minimum Gasteiger partial charge on any atom is -0.482 e. The van der Waals surface area contributed by atoms with Gasteiger partial charge in [0.2, 0.25) is 0 Å². The first-order chi connectivity index (χ1) is 30.4. The van der Waals surface area contributed by atoms with Gasteiger partial charge >= 0.3 is 271 Å². The van der Waals surface area contributed by atoms with E-state index >= 15 is 0 Å². The molecule has 63 heavy (non-hydrogen) atoms. The summed E-state index contributed by atoms with van der Waals surface area (Å²) in [5, 5.41) is 44.5. The zero-order chi connectivity index (χ0) is 44.4. The number of fused-ring (bicyclic) bond motifs is 2. The van der Waals surface area contributed by atoms with Crippen molar-refractivity contribution in [2.24, 2.45) is 0 Å². The first-order valence-corrected chi connectivity index (χ1v) is 34.1. The van der Waals surface area contributed by atoms with Crippen LogP contribution in [0.3, 0.4) is 0 Å². The molecule has 3 fully saturated rings. The Morgan fingerprint density at radius 2 is 1.44 bits per heavy atom. The van der Waals surface area contributed by atoms with Crippen LogP contribution in [0.2, 0.25) is 0 Å². The van der Waals surface area contributed by atoms with Gasteiger partial charge in [-0.15, -0.1) is 0 Å². The molecule has 0 spiro atoms. The summed E-state index contributed by atoms with van der Waals surface area (Å²) in [6.45, 7) is -0.524. The van der Waals surface area contributed by atoms with E-state index in [2.05, 4.69) is 5.32 Å². The van der Waals surface area contributed by atoms with Gasteiger partial charge in [0.1, 0.15) is 18.8 Å². The summed E-state index contributed by atoms with van der Waals surface area (Å²) in [7, 11) is 7.17. The van der Waals surface area contributed by atoms with E-state index in [1.54, 1.807) is 64.4 Å². The van der Waals surface area contributed by atoms with E-state index in [1.165, 1.54) is 41.3 Å². The smallest absolute Gasteiger partial charge is 0.482 e. The van der Waals surface area contributed by atoms with Gasteiger partial charge in [-0.2, -0.15) is 0 Å². The molecule has 3 saturated heterocycles. The SMILES string of the molecule is O=C(O)CN(CC(=O)O)c1ccc(NC(=O)c2ccc(-c3c4ccc(=O)c([As]5SCCS5)c-4oc4c([As]5SCCS5)c(O)ccc34)c(C(=O)O)c2)cc1OCC(=O)N1CCOCC1. The third-order valence-electron chi connectivity index (χ3n) is 10.0. The van der Waals surface area contributed by atoms with Crippen molar-refractivity contribution in [2.45, 2.75) is 0 Å². The first-order valence-electron chi connectivity index (χ1n) is 19.3. The van der Waals surface area contributed by atoms with Gasteiger partial charge in [-0.3, -0.25) is 14.4 Å². The zero-order valence-corrected chi connectivity index (χ0v) is 40.0. The van der Waals surface area contributed by atoms with Crippen molar-refractivity contribution in [3.8, 4) is 33.9 Å². The van der Waals surface area contributed by atoms with E-state index in [1.807, 2.05) is 0 Å². The predicted molar refractivity (Wildman–Crippen MR) is 249 cm³/mol. The molecule has 3 aromatic rings. The number of carbonyl (C=O) groups excluding carboxylic acids is 2. The average Bonchev–Trinajstić information content (AvgIpc) is 4.00. The Morgan fingerprint density at radius 1 is 0.794 bits per heavy atom. The second-order valence-electron chi connectivity index (χ2n) is 14.1. The molecule has 3 aromatic carbocycles. The van der Waals surface area contributed by atoms with Gasteiger partial charge in [0.15, 0.2) is 6.61 Å². The molecule has 0 atom stereocenters. The number of morpholine rings is 1. The number of aliphatic carboxylic acids is 2. The van der Waals surface area contributed by atoms with Crippen LogP contribution in [0.4, 0.5) is 11.4 Å². The van der Waals surface area contributed by atoms with Crippen LogP contribution in [-0.2, 0) is 19.1 Å². The number of aromatic carboxylic acids is 1. The van der Waals surface area contributed by atoms with Gasteiger partial charge in [0.05, 0.1) is 18.9 Å². The summed E-state index contributed by atoms with van der Waals surface area (Å²) < 4.78 is 19.3. The van der Waals surface area contributed by atoms with Gasteiger partial charge < -0.3 is 29.5 Å². The number of phenolic OH excluding ortho intramolecular Hbond substituents is 1. The van der Waals surface area contributed by atoms with E-state index in [9.17, 15) is 49.2 Å². The number of carbonyl (C=O) groups is 5. The molecule has 0 saturated carbocycles. The van der Waals surface area contributed by atoms with Gasteiger partial charge in [-0.05, 0) is 6.07 Å². The van der Waals surface area contributed by atoms with Crippen LogP contribution in [0, 0.1) is 0 Å². The monoisotopic (exact) mass is 1060 g/mol. The van der Waals surface area contributed by atoms with Gasteiger partial charge in [0, 0.05) is 13.1 Å². The molecular formula is C41H37As2N3O13S4. The van der Waals surface area contributed by atoms with Crippen LogP contribution in [-0.4, -0.2) is 149 Å². The minimum atomic E-state index is -1.98. The van der Waals surface area contributed by atoms with Crippen molar-refractivity contribution in [1.29, 1.82) is 0 Å². The van der Waals surface area contributed by atoms with E-state index in [0.29, 0.717) is 62.9 Å². The number of hydrogen-bond donors (Lipinski definition) is 5. The molecular weight excluding hydrogens is 1020 g/mol. The fourth-order valence-electron chi connectivity index (χ4n) is 7.26. The van der Waals surface area contributed by atoms with Crippen LogP contribution in [0.5, 0.6) is 11.5 Å². The Labute approximate surface area is 381 Å². The molecule has 0 radical (unpaired) electrons. The van der Waals surface area contributed by atoms with E-state index in [-0.39, 0.29) is 50.9 Å². The molecule has 0 bridgehead atoms. The number of aromatic hydroxyl groups is 1. The maximum absolute atomic E-state index is 14.0. The van der Waals surface area contributed by atoms with Crippen LogP contribution in [0.15, 0.2) is 69.9 Å². The summed E-state index contributed by atoms with van der Waals surface area (Å²) >= 11 is -3.92. The Bertz CT molecular complexity index is 2650. The normalized spacial score (nSPS) is 15.8. The molecule has 0 aromatic heterocycles. The Morgan fingerprint density at radius 3 is 2.10 bits per heavy atom. The van der Waals surface area contributed by atoms with Crippen molar-refractivity contribution in [3.63, 3.8) is 0 Å². The number of nitrogens with one attached hydrogen (secondary N) is 1. The molecule has 328 valence electrons. The van der Waals surface area contributed by atoms with Gasteiger partial charge in [-0.1, -0.05) is 0 Å². The van der Waals surface area contributed by atoms with E-state index < -0.39 is 68.2 Å². The summed E-state index contributed by atoms with van der Waals surface area (Å²) in [5.74, 6) is -0.992. The molecule has 4 heterocycles. The molecule has 16 nitrogen and oxygen atoms in total. The molecule has 1 aliphatic carbocycles. The van der Waals surface area contributed by atoms with Gasteiger partial charge in [-0.25, -0.2) is 0 Å². The predicted octanol–water partition coefficient (Wildman–Crippen LogP) is 3.78. The van der Waals surface area contributed by atoms with Crippen LogP contribution in [0.25, 0.3) is 33.4 Å². The molecule has 5 N–H and O–H groups in total. The number of rotatable bonds is 14. The number of amides is 2. The first kappa shape index (κ1) is 45.2. The number of carboxylic acids is 3. The van der Waals surface area contributed by atoms with E-state index in [0.717, 1.165) is 27.9 Å². The molecule has 5 aliphatic rings. The van der Waals surface area contributed by atoms with Gasteiger partial charge in [0.25, 0.3) is 5.91 Å². The number of anilines is 2. The van der Waals surface area contributed by atoms with Crippen molar-refractivity contribution < 1.29 is 58.3 Å². The second kappa shape index (κ2) is 19.8. The fourth-order valence-corrected chi connectivity index (χ4v) is 36.9. The molecule has 2 amide bonds. The Balaban J connectivity index is 1.18. The average molecular weight is 1060 g/mol. The Kier molecular flexibility index (Phi) is 14.2. The topological polar surface area (TPSA) is 233 Å². The molecule has 8 rings (SSSR count). The zero-order valence-electron chi connectivity index (χ0n) is 32.9. The van der Waals surface area contributed by atoms with Crippen LogP contribution < -0.4 is 29.1 Å². The quantitative estimate of drug-likeness (QED) is 0.0787. The Hall–Kier alpha value is -4.42. The van der Waals surface area contributed by atoms with Crippen molar-refractivity contribution in [1.82, 2.24) is 4.90 Å². The van der Waals surface area contributed by atoms with Crippen molar-refractivity contribution >= 4 is 126 Å². The summed E-state index contributed by atoms with van der Waals surface area (Å²) in [4.78, 5) is 79.8. The maximum atomic E-state index is 14.0. The fraction of sp³-hybridized carbons (Fsp3) is 0.268. The third kappa shape index (κ3) is 9.82. The molecule has 22 heteroatoms. The number of phenols is 1. The van der Waals surface area contributed by atoms with Crippen molar-refractivity contribution in [2.75, 3.05) is 79.2 Å². The number of hydrogen-bond acceptors (Lipinski definition) is 15. The van der Waals surface area contributed by atoms with Crippen LogP contribution in [0.1, 0.15) is 20.7 Å². The summed E-state index contributed by atoms with van der Waals surface area (Å²) in [5.41, 5.74) is 1.53. The van der Waals surface area contributed by atoms with E-state index in [4.69, 9.17) is 13.9 Å². The standard InChI is InChI=1S/C41H37As2N3O13S4/c47-29-7-4-25-35(26-5-8-30(48)37(43-62-15-16-63-43)39(26)59-38(25)36(29)42-60-13-14-61-42)24-3-1-22(17-27(24)41(55)56)40(54)44-23-2-6-28(46(19-33(50)51)20-34(52)53)31(18-23)58-21-32(49)45-9-11-57-12-10-45/h1-8,17-18,47H,9-16,19-21H2,(H,44,54)(H,50,51)(H,52,53)(H,55,56). The van der Waals surface area contributed by atoms with Crippen LogP contribution >= 0.6 is 40.1 Å².